The van der Waals surface area contributed by atoms with Gasteiger partial charge in [0.15, 0.2) is 0 Å². The van der Waals surface area contributed by atoms with E-state index in [2.05, 4.69) is 4.99 Å². The monoisotopic (exact) mass is 163 g/mol. The maximum atomic E-state index is 9.41. The lowest BCUT2D eigenvalue weighted by atomic mass is 10.0. The van der Waals surface area contributed by atoms with Gasteiger partial charge in [-0.3, -0.25) is 4.99 Å². The Balaban J connectivity index is 2.62. The van der Waals surface area contributed by atoms with E-state index < -0.39 is 0 Å². The number of hydrogen-bond donors (Lipinski definition) is 2. The Morgan fingerprint density at radius 1 is 1.25 bits per heavy atom. The molecule has 3 nitrogen and oxygen atoms in total. The Bertz CT molecular complexity index is 344. The second kappa shape index (κ2) is 2.52. The zero-order valence-corrected chi connectivity index (χ0v) is 6.49. The van der Waals surface area contributed by atoms with Crippen molar-refractivity contribution in [3.05, 3.63) is 29.3 Å². The van der Waals surface area contributed by atoms with Crippen molar-refractivity contribution in [3.8, 4) is 5.75 Å². The average Bonchev–Trinajstić information content (AvgIpc) is 2.07. The number of nitrogens with zero attached hydrogens (tertiary/aromatic N) is 1. The summed E-state index contributed by atoms with van der Waals surface area (Å²) in [5.41, 5.74) is 1.45. The number of benzene rings is 1. The highest BCUT2D eigenvalue weighted by Gasteiger charge is 2.15. The summed E-state index contributed by atoms with van der Waals surface area (Å²) < 4.78 is 0. The molecule has 0 amide bonds. The van der Waals surface area contributed by atoms with Crippen molar-refractivity contribution in [2.75, 3.05) is 6.54 Å². The van der Waals surface area contributed by atoms with Crippen molar-refractivity contribution < 1.29 is 10.2 Å². The van der Waals surface area contributed by atoms with Crippen LogP contribution in [0.1, 0.15) is 11.1 Å². The number of aliphatic hydroxyl groups is 1. The molecule has 2 N–H and O–H groups in total. The molecule has 0 bridgehead atoms. The second-order valence-electron chi connectivity index (χ2n) is 2.76. The molecule has 0 radical (unpaired) electrons. The molecule has 0 aliphatic carbocycles. The van der Waals surface area contributed by atoms with Crippen LogP contribution in [0.2, 0.25) is 0 Å². The van der Waals surface area contributed by atoms with Gasteiger partial charge in [0.2, 0.25) is 5.90 Å². The molecule has 62 valence electrons. The van der Waals surface area contributed by atoms with Gasteiger partial charge >= 0.3 is 0 Å². The molecule has 3 heteroatoms. The van der Waals surface area contributed by atoms with E-state index in [1.54, 1.807) is 18.2 Å². The van der Waals surface area contributed by atoms with E-state index in [-0.39, 0.29) is 11.6 Å². The van der Waals surface area contributed by atoms with Crippen LogP contribution in [-0.4, -0.2) is 22.7 Å². The van der Waals surface area contributed by atoms with Gasteiger partial charge in [0.1, 0.15) is 5.75 Å². The predicted octanol–water partition coefficient (Wildman–Crippen LogP) is 1.25. The Morgan fingerprint density at radius 2 is 2.08 bits per heavy atom. The number of phenolic OH excluding ortho intramolecular Hbond substituents is 1. The highest BCUT2D eigenvalue weighted by atomic mass is 16.3. The summed E-state index contributed by atoms with van der Waals surface area (Å²) in [5.74, 6) is 0.279. The van der Waals surface area contributed by atoms with Crippen LogP contribution < -0.4 is 0 Å². The van der Waals surface area contributed by atoms with Gasteiger partial charge in [0, 0.05) is 17.7 Å². The zero-order valence-electron chi connectivity index (χ0n) is 6.49. The molecule has 0 saturated carbocycles. The largest absolute Gasteiger partial charge is 0.508 e. The summed E-state index contributed by atoms with van der Waals surface area (Å²) >= 11 is 0. The molecule has 2 rings (SSSR count). The summed E-state index contributed by atoms with van der Waals surface area (Å²) in [4.78, 5) is 3.87. The first-order valence-corrected chi connectivity index (χ1v) is 3.83. The SMILES string of the molecule is OC1=NCCc2c(O)cccc21. The van der Waals surface area contributed by atoms with E-state index in [9.17, 15) is 10.2 Å². The minimum absolute atomic E-state index is 0.0344. The Kier molecular flexibility index (Phi) is 1.50. The van der Waals surface area contributed by atoms with Crippen molar-refractivity contribution in [2.24, 2.45) is 4.99 Å². The molecule has 0 aromatic heterocycles. The van der Waals surface area contributed by atoms with Gasteiger partial charge in [0.25, 0.3) is 0 Å². The molecule has 1 aliphatic rings. The molecular weight excluding hydrogens is 154 g/mol. The molecule has 0 fully saturated rings. The van der Waals surface area contributed by atoms with Crippen molar-refractivity contribution in [1.29, 1.82) is 0 Å². The van der Waals surface area contributed by atoms with E-state index in [1.807, 2.05) is 0 Å². The lowest BCUT2D eigenvalue weighted by molar-refractivity contribution is 0.465. The third kappa shape index (κ3) is 0.942. The first-order valence-electron chi connectivity index (χ1n) is 3.83. The van der Waals surface area contributed by atoms with E-state index in [0.29, 0.717) is 18.5 Å². The molecule has 1 aliphatic heterocycles. The van der Waals surface area contributed by atoms with Gasteiger partial charge < -0.3 is 10.2 Å². The highest BCUT2D eigenvalue weighted by Crippen LogP contribution is 2.24. The Labute approximate surface area is 70.0 Å². The van der Waals surface area contributed by atoms with Gasteiger partial charge in [-0.05, 0) is 18.6 Å². The predicted molar refractivity (Wildman–Crippen MR) is 45.8 cm³/mol. The van der Waals surface area contributed by atoms with Crippen molar-refractivity contribution in [3.63, 3.8) is 0 Å². The average molecular weight is 163 g/mol. The zero-order chi connectivity index (χ0) is 8.55. The quantitative estimate of drug-likeness (QED) is 0.604. The third-order valence-electron chi connectivity index (χ3n) is 2.02. The van der Waals surface area contributed by atoms with E-state index in [0.717, 1.165) is 5.56 Å². The van der Waals surface area contributed by atoms with Crippen LogP contribution in [0, 0.1) is 0 Å². The maximum Gasteiger partial charge on any atom is 0.214 e. The van der Waals surface area contributed by atoms with E-state index >= 15 is 0 Å². The van der Waals surface area contributed by atoms with Crippen LogP contribution >= 0.6 is 0 Å². The van der Waals surface area contributed by atoms with Gasteiger partial charge in [-0.2, -0.15) is 0 Å². The maximum absolute atomic E-state index is 9.41. The van der Waals surface area contributed by atoms with Crippen molar-refractivity contribution >= 4 is 5.90 Å². The van der Waals surface area contributed by atoms with E-state index in [4.69, 9.17) is 0 Å². The molecule has 0 atom stereocenters. The molecule has 12 heavy (non-hydrogen) atoms. The second-order valence-corrected chi connectivity index (χ2v) is 2.76. The minimum atomic E-state index is 0.0344. The van der Waals surface area contributed by atoms with Gasteiger partial charge in [-0.25, -0.2) is 0 Å². The molecule has 1 aromatic carbocycles. The van der Waals surface area contributed by atoms with Crippen LogP contribution in [0.4, 0.5) is 0 Å². The Morgan fingerprint density at radius 3 is 2.83 bits per heavy atom. The third-order valence-corrected chi connectivity index (χ3v) is 2.02. The summed E-state index contributed by atoms with van der Waals surface area (Å²) in [7, 11) is 0. The van der Waals surface area contributed by atoms with Gasteiger partial charge in [0.05, 0.1) is 0 Å². The smallest absolute Gasteiger partial charge is 0.214 e. The van der Waals surface area contributed by atoms with Crippen molar-refractivity contribution in [1.82, 2.24) is 0 Å². The number of hydrogen-bond acceptors (Lipinski definition) is 2. The lowest BCUT2D eigenvalue weighted by Crippen LogP contribution is -2.11. The number of aliphatic hydroxyl groups excluding tert-OH is 1. The normalized spacial score (nSPS) is 15.2. The minimum Gasteiger partial charge on any atom is -0.508 e. The lowest BCUT2D eigenvalue weighted by Gasteiger charge is -2.13. The van der Waals surface area contributed by atoms with Crippen LogP contribution in [0.25, 0.3) is 0 Å². The fourth-order valence-corrected chi connectivity index (χ4v) is 1.41. The molecular formula is C9H9NO2. The number of rotatable bonds is 0. The summed E-state index contributed by atoms with van der Waals surface area (Å²) in [6.45, 7) is 0.552. The summed E-state index contributed by atoms with van der Waals surface area (Å²) in [5, 5.41) is 18.7. The van der Waals surface area contributed by atoms with Crippen molar-refractivity contribution in [2.45, 2.75) is 6.42 Å². The number of aliphatic imine (C=N–C) groups is 1. The summed E-state index contributed by atoms with van der Waals surface area (Å²) in [6, 6.07) is 5.08. The fraction of sp³-hybridized carbons (Fsp3) is 0.222. The van der Waals surface area contributed by atoms with Crippen LogP contribution in [0.5, 0.6) is 5.75 Å². The molecule has 0 saturated heterocycles. The topological polar surface area (TPSA) is 52.8 Å². The van der Waals surface area contributed by atoms with Gasteiger partial charge in [-0.15, -0.1) is 0 Å². The highest BCUT2D eigenvalue weighted by molar-refractivity contribution is 5.95. The number of aromatic hydroxyl groups is 1. The first kappa shape index (κ1) is 7.16. The van der Waals surface area contributed by atoms with Crippen LogP contribution in [0.15, 0.2) is 23.2 Å². The molecule has 0 unspecified atom stereocenters. The van der Waals surface area contributed by atoms with Gasteiger partial charge in [-0.1, -0.05) is 6.07 Å². The van der Waals surface area contributed by atoms with Crippen LogP contribution in [0.3, 0.4) is 0 Å². The standard InChI is InChI=1S/C9H9NO2/c11-8-3-1-2-7-6(8)4-5-10-9(7)12/h1-3,11H,4-5H2,(H,10,12). The number of phenols is 1. The Hall–Kier alpha value is -1.51. The fourth-order valence-electron chi connectivity index (χ4n) is 1.41. The van der Waals surface area contributed by atoms with E-state index in [1.165, 1.54) is 0 Å². The summed E-state index contributed by atoms with van der Waals surface area (Å²) in [6.07, 6.45) is 0.700. The first-order chi connectivity index (χ1) is 5.79. The molecule has 1 heterocycles. The number of fused-ring (bicyclic) bond motifs is 1. The molecule has 0 spiro atoms. The molecule has 1 aromatic rings. The van der Waals surface area contributed by atoms with Crippen LogP contribution in [-0.2, 0) is 6.42 Å².